The van der Waals surface area contributed by atoms with Crippen LogP contribution in [0.3, 0.4) is 0 Å². The minimum Gasteiger partial charge on any atom is -0.393 e. The third-order valence-corrected chi connectivity index (χ3v) is 9.58. The number of oxime groups is 1. The molecule has 5 rings (SSSR count). The maximum absolute atomic E-state index is 12.0. The molecule has 3 fully saturated rings. The van der Waals surface area contributed by atoms with Gasteiger partial charge in [0.2, 0.25) is 0 Å². The topological polar surface area (TPSA) is 99.6 Å². The monoisotopic (exact) mass is 454 g/mol. The number of fused-ring (bicyclic) bond motifs is 5. The molecule has 0 aromatic carbocycles. The van der Waals surface area contributed by atoms with Crippen molar-refractivity contribution in [2.75, 3.05) is 13.2 Å². The van der Waals surface area contributed by atoms with Crippen LogP contribution < -0.4 is 5.32 Å². The highest BCUT2D eigenvalue weighted by molar-refractivity contribution is 5.96. The fraction of sp³-hybridized carbons (Fsp3) is 0.731. The smallest absolute Gasteiger partial charge is 0.260 e. The van der Waals surface area contributed by atoms with E-state index in [4.69, 9.17) is 4.84 Å². The zero-order valence-electron chi connectivity index (χ0n) is 20.0. The van der Waals surface area contributed by atoms with Gasteiger partial charge in [-0.25, -0.2) is 4.98 Å². The molecule has 180 valence electrons. The summed E-state index contributed by atoms with van der Waals surface area (Å²) in [5, 5.41) is 17.8. The summed E-state index contributed by atoms with van der Waals surface area (Å²) in [6.07, 6.45) is 15.2. The number of aliphatic hydroxyl groups excluding tert-OH is 1. The Morgan fingerprint density at radius 3 is 2.94 bits per heavy atom. The van der Waals surface area contributed by atoms with E-state index in [0.717, 1.165) is 49.4 Å². The lowest BCUT2D eigenvalue weighted by molar-refractivity contribution is -0.125. The predicted molar refractivity (Wildman–Crippen MR) is 126 cm³/mol. The summed E-state index contributed by atoms with van der Waals surface area (Å²) >= 11 is 0. The standard InChI is InChI=1S/C26H38N4O3/c1-25-10-7-18(30-33-15-24(32)28-12-9-19-14-27-16-29-19)13-17(25)3-4-20-21-5-6-23(31)26(21,2)11-8-22(20)25/h13-14,16,20-23,31H,3-12,15H2,1-2H3,(H,27,29)(H,28,32)/b30-18+/t20-,21-,22-,23+,25+,26+/m1/s1. The number of allylic oxidation sites excluding steroid dienone is 2. The van der Waals surface area contributed by atoms with E-state index in [9.17, 15) is 9.90 Å². The lowest BCUT2D eigenvalue weighted by Gasteiger charge is -2.57. The van der Waals surface area contributed by atoms with Crippen LogP contribution in [0.2, 0.25) is 0 Å². The normalized spacial score (nSPS) is 38.8. The van der Waals surface area contributed by atoms with Crippen LogP contribution >= 0.6 is 0 Å². The van der Waals surface area contributed by atoms with Crippen molar-refractivity contribution in [1.82, 2.24) is 15.3 Å². The molecule has 4 aliphatic rings. The van der Waals surface area contributed by atoms with E-state index in [-0.39, 0.29) is 29.4 Å². The Labute approximate surface area is 196 Å². The van der Waals surface area contributed by atoms with Gasteiger partial charge in [-0.05, 0) is 86.0 Å². The Morgan fingerprint density at radius 1 is 1.24 bits per heavy atom. The molecule has 33 heavy (non-hydrogen) atoms. The number of aliphatic hydroxyl groups is 1. The van der Waals surface area contributed by atoms with Gasteiger partial charge < -0.3 is 20.2 Å². The Hall–Kier alpha value is -2.15. The molecular formula is C26H38N4O3. The minimum absolute atomic E-state index is 0.0554. The molecule has 1 aromatic rings. The van der Waals surface area contributed by atoms with Gasteiger partial charge >= 0.3 is 0 Å². The number of nitrogens with one attached hydrogen (secondary N) is 2. The van der Waals surface area contributed by atoms with Crippen molar-refractivity contribution in [3.05, 3.63) is 29.9 Å². The van der Waals surface area contributed by atoms with Crippen LogP contribution in [0.4, 0.5) is 0 Å². The van der Waals surface area contributed by atoms with E-state index in [0.29, 0.717) is 24.8 Å². The molecule has 1 aromatic heterocycles. The SMILES string of the molecule is C[C@]12CC[C@@H]3[C@H](CCC4=C/C(=N/OCC(=O)NCCc5cnc[nH]5)CC[C@@]43C)[C@H]1CC[C@@H]2O. The summed E-state index contributed by atoms with van der Waals surface area (Å²) in [4.78, 5) is 24.4. The lowest BCUT2D eigenvalue weighted by Crippen LogP contribution is -2.51. The molecule has 4 aliphatic carbocycles. The third-order valence-electron chi connectivity index (χ3n) is 9.58. The van der Waals surface area contributed by atoms with Gasteiger partial charge in [0.15, 0.2) is 6.61 Å². The summed E-state index contributed by atoms with van der Waals surface area (Å²) < 4.78 is 0. The fourth-order valence-electron chi connectivity index (χ4n) is 7.60. The number of rotatable bonds is 6. The zero-order chi connectivity index (χ0) is 23.1. The average molecular weight is 455 g/mol. The van der Waals surface area contributed by atoms with Crippen molar-refractivity contribution in [2.24, 2.45) is 33.7 Å². The first-order valence-corrected chi connectivity index (χ1v) is 12.7. The number of aromatic nitrogens is 2. The largest absolute Gasteiger partial charge is 0.393 e. The number of imidazole rings is 1. The molecule has 0 saturated heterocycles. The van der Waals surface area contributed by atoms with Crippen LogP contribution in [0.25, 0.3) is 0 Å². The average Bonchev–Trinajstić information content (AvgIpc) is 3.42. The Morgan fingerprint density at radius 2 is 2.12 bits per heavy atom. The number of hydrogen-bond acceptors (Lipinski definition) is 5. The fourth-order valence-corrected chi connectivity index (χ4v) is 7.60. The number of H-pyrrole nitrogens is 1. The maximum atomic E-state index is 12.0. The van der Waals surface area contributed by atoms with E-state index >= 15 is 0 Å². The van der Waals surface area contributed by atoms with Crippen molar-refractivity contribution in [3.8, 4) is 0 Å². The highest BCUT2D eigenvalue weighted by Crippen LogP contribution is 2.65. The first-order chi connectivity index (χ1) is 15.9. The van der Waals surface area contributed by atoms with Gasteiger partial charge in [-0.1, -0.05) is 24.6 Å². The maximum Gasteiger partial charge on any atom is 0.260 e. The van der Waals surface area contributed by atoms with E-state index in [1.54, 1.807) is 12.5 Å². The summed E-state index contributed by atoms with van der Waals surface area (Å²) in [7, 11) is 0. The summed E-state index contributed by atoms with van der Waals surface area (Å²) in [5.74, 6) is 1.97. The van der Waals surface area contributed by atoms with Gasteiger partial charge in [-0.3, -0.25) is 4.79 Å². The number of carbonyl (C=O) groups is 1. The number of aromatic amines is 1. The van der Waals surface area contributed by atoms with Gasteiger partial charge in [0.25, 0.3) is 5.91 Å². The predicted octanol–water partition coefficient (Wildman–Crippen LogP) is 3.76. The summed E-state index contributed by atoms with van der Waals surface area (Å²) in [6, 6.07) is 0. The zero-order valence-corrected chi connectivity index (χ0v) is 20.0. The third kappa shape index (κ3) is 4.13. The van der Waals surface area contributed by atoms with Crippen molar-refractivity contribution in [1.29, 1.82) is 0 Å². The molecule has 0 bridgehead atoms. The van der Waals surface area contributed by atoms with Crippen LogP contribution in [0.5, 0.6) is 0 Å². The lowest BCUT2D eigenvalue weighted by atomic mass is 9.47. The number of amides is 1. The Bertz CT molecular complexity index is 926. The molecule has 7 heteroatoms. The minimum atomic E-state index is -0.156. The van der Waals surface area contributed by atoms with Gasteiger partial charge in [0.1, 0.15) is 0 Å². The van der Waals surface area contributed by atoms with Gasteiger partial charge in [-0.15, -0.1) is 0 Å². The second-order valence-corrected chi connectivity index (χ2v) is 11.2. The van der Waals surface area contributed by atoms with E-state index in [1.807, 2.05) is 0 Å². The van der Waals surface area contributed by atoms with Crippen LogP contribution in [0.15, 0.2) is 29.3 Å². The van der Waals surface area contributed by atoms with Crippen LogP contribution in [0.1, 0.15) is 70.9 Å². The number of nitrogens with zero attached hydrogens (tertiary/aromatic N) is 2. The highest BCUT2D eigenvalue weighted by Gasteiger charge is 2.58. The Balaban J connectivity index is 1.16. The van der Waals surface area contributed by atoms with Gasteiger partial charge in [0.05, 0.1) is 18.1 Å². The molecule has 7 nitrogen and oxygen atoms in total. The summed E-state index contributed by atoms with van der Waals surface area (Å²) in [5.41, 5.74) is 3.84. The molecule has 0 radical (unpaired) electrons. The van der Waals surface area contributed by atoms with Crippen LogP contribution in [0, 0.1) is 28.6 Å². The van der Waals surface area contributed by atoms with Crippen molar-refractivity contribution < 1.29 is 14.7 Å². The summed E-state index contributed by atoms with van der Waals surface area (Å²) in [6.45, 7) is 5.30. The molecule has 1 heterocycles. The molecule has 6 atom stereocenters. The first-order valence-electron chi connectivity index (χ1n) is 12.7. The van der Waals surface area contributed by atoms with Gasteiger partial charge in [-0.2, -0.15) is 0 Å². The first kappa shape index (κ1) is 22.6. The second-order valence-electron chi connectivity index (χ2n) is 11.2. The molecular weight excluding hydrogens is 416 g/mol. The van der Waals surface area contributed by atoms with Gasteiger partial charge in [0, 0.05) is 24.9 Å². The Kier molecular flexibility index (Phi) is 6.10. The second kappa shape index (κ2) is 8.90. The quantitative estimate of drug-likeness (QED) is 0.570. The number of carbonyl (C=O) groups excluding carboxylic acids is 1. The van der Waals surface area contributed by atoms with Crippen LogP contribution in [-0.4, -0.2) is 45.9 Å². The van der Waals surface area contributed by atoms with E-state index in [2.05, 4.69) is 40.4 Å². The molecule has 0 aliphatic heterocycles. The van der Waals surface area contributed by atoms with E-state index < -0.39 is 0 Å². The molecule has 0 unspecified atom stereocenters. The van der Waals surface area contributed by atoms with Crippen molar-refractivity contribution >= 4 is 11.6 Å². The van der Waals surface area contributed by atoms with E-state index in [1.165, 1.54) is 24.8 Å². The number of hydrogen-bond donors (Lipinski definition) is 3. The molecule has 1 amide bonds. The molecule has 3 N–H and O–H groups in total. The highest BCUT2D eigenvalue weighted by atomic mass is 16.6. The van der Waals surface area contributed by atoms with Crippen molar-refractivity contribution in [2.45, 2.75) is 77.7 Å². The van der Waals surface area contributed by atoms with Crippen molar-refractivity contribution in [3.63, 3.8) is 0 Å². The molecule has 0 spiro atoms. The molecule has 3 saturated carbocycles. The van der Waals surface area contributed by atoms with Crippen LogP contribution in [-0.2, 0) is 16.1 Å².